The van der Waals surface area contributed by atoms with E-state index in [-0.39, 0.29) is 6.61 Å². The summed E-state index contributed by atoms with van der Waals surface area (Å²) in [4.78, 5) is 21.1. The number of hydrogen-bond acceptors (Lipinski definition) is 4. The number of amides is 1. The number of aromatic nitrogens is 2. The number of hydrogen-bond donors (Lipinski definition) is 1. The predicted octanol–water partition coefficient (Wildman–Crippen LogP) is 6.10. The summed E-state index contributed by atoms with van der Waals surface area (Å²) in [5.74, 6) is 1.41. The largest absolute Gasteiger partial charge is 0.444 e. The number of benzene rings is 1. The van der Waals surface area contributed by atoms with Crippen molar-refractivity contribution in [3.63, 3.8) is 0 Å². The molecule has 0 aliphatic heterocycles. The maximum Gasteiger partial charge on any atom is 0.413 e. The first-order chi connectivity index (χ1) is 13.2. The molecule has 0 radical (unpaired) electrons. The number of carbonyl (C=O) groups is 1. The van der Waals surface area contributed by atoms with Crippen LogP contribution in [0.15, 0.2) is 36.4 Å². The lowest BCUT2D eigenvalue weighted by Crippen LogP contribution is -2.16. The van der Waals surface area contributed by atoms with Crippen LogP contribution >= 0.6 is 11.6 Å². The average Bonchev–Trinajstić information content (AvgIpc) is 2.81. The summed E-state index contributed by atoms with van der Waals surface area (Å²) in [7, 11) is 0. The molecule has 144 valence electrons. The highest BCUT2D eigenvalue weighted by atomic mass is 35.5. The molecule has 1 aromatic heterocycles. The zero-order chi connectivity index (χ0) is 18.9. The third kappa shape index (κ3) is 6.51. The molecule has 0 spiro atoms. The summed E-state index contributed by atoms with van der Waals surface area (Å²) in [5, 5.41) is 3.02. The number of anilines is 1. The van der Waals surface area contributed by atoms with Crippen molar-refractivity contribution < 1.29 is 9.53 Å². The molecule has 2 aromatic rings. The third-order valence-corrected chi connectivity index (χ3v) is 5.07. The van der Waals surface area contributed by atoms with Crippen molar-refractivity contribution >= 4 is 23.5 Å². The monoisotopic (exact) mass is 387 g/mol. The van der Waals surface area contributed by atoms with Crippen molar-refractivity contribution in [2.75, 3.05) is 5.32 Å². The Morgan fingerprint density at radius 3 is 2.41 bits per heavy atom. The Labute approximate surface area is 165 Å². The van der Waals surface area contributed by atoms with Gasteiger partial charge in [-0.2, -0.15) is 0 Å². The van der Waals surface area contributed by atoms with Crippen LogP contribution in [0.4, 0.5) is 10.6 Å². The molecule has 1 aromatic carbocycles. The minimum atomic E-state index is -0.547. The molecule has 0 unspecified atom stereocenters. The molecule has 1 amide bonds. The Hall–Kier alpha value is -2.14. The fraction of sp³-hybridized carbons (Fsp3) is 0.476. The fourth-order valence-corrected chi connectivity index (χ4v) is 3.63. The standard InChI is InChI=1S/C21H26ClN3O2/c22-18-14-19(25-21(26)27-15-16-10-6-5-7-11-16)24-20(23-18)17-12-8-3-1-2-4-9-13-17/h5-7,10-11,14,17H,1-4,8-9,12-13,15H2,(H,23,24,25,26). The first-order valence-corrected chi connectivity index (χ1v) is 10.1. The SMILES string of the molecule is O=C(Nc1cc(Cl)nc(C2CCCCCCCC2)n1)OCc1ccccc1. The fourth-order valence-electron chi connectivity index (χ4n) is 3.44. The van der Waals surface area contributed by atoms with Crippen LogP contribution in [0.5, 0.6) is 0 Å². The second kappa shape index (κ2) is 10.3. The van der Waals surface area contributed by atoms with Crippen LogP contribution in [0.25, 0.3) is 0 Å². The van der Waals surface area contributed by atoms with Crippen molar-refractivity contribution in [2.24, 2.45) is 0 Å². The van der Waals surface area contributed by atoms with Gasteiger partial charge in [-0.15, -0.1) is 0 Å². The van der Waals surface area contributed by atoms with Gasteiger partial charge in [0.2, 0.25) is 0 Å². The smallest absolute Gasteiger partial charge is 0.413 e. The number of ether oxygens (including phenoxy) is 1. The molecule has 1 saturated carbocycles. The predicted molar refractivity (Wildman–Crippen MR) is 107 cm³/mol. The van der Waals surface area contributed by atoms with Gasteiger partial charge in [0.1, 0.15) is 23.4 Å². The third-order valence-electron chi connectivity index (χ3n) is 4.88. The number of nitrogens with one attached hydrogen (secondary N) is 1. The van der Waals surface area contributed by atoms with E-state index in [0.29, 0.717) is 16.9 Å². The zero-order valence-corrected chi connectivity index (χ0v) is 16.3. The second-order valence-electron chi connectivity index (χ2n) is 7.02. The van der Waals surface area contributed by atoms with Gasteiger partial charge in [-0.05, 0) is 18.4 Å². The summed E-state index contributed by atoms with van der Waals surface area (Å²) in [5.41, 5.74) is 0.930. The minimum Gasteiger partial charge on any atom is -0.444 e. The Kier molecular flexibility index (Phi) is 7.45. The maximum atomic E-state index is 12.1. The quantitative estimate of drug-likeness (QED) is 0.644. The average molecular weight is 388 g/mol. The molecule has 0 saturated heterocycles. The normalized spacial score (nSPS) is 16.0. The lowest BCUT2D eigenvalue weighted by atomic mass is 9.96. The molecular formula is C21H26ClN3O2. The van der Waals surface area contributed by atoms with Crippen LogP contribution in [-0.4, -0.2) is 16.1 Å². The van der Waals surface area contributed by atoms with E-state index in [4.69, 9.17) is 16.3 Å². The second-order valence-corrected chi connectivity index (χ2v) is 7.40. The highest BCUT2D eigenvalue weighted by Gasteiger charge is 2.18. The molecule has 27 heavy (non-hydrogen) atoms. The van der Waals surface area contributed by atoms with E-state index < -0.39 is 6.09 Å². The van der Waals surface area contributed by atoms with Gasteiger partial charge in [0.05, 0.1) is 0 Å². The van der Waals surface area contributed by atoms with Crippen LogP contribution < -0.4 is 5.32 Å². The number of rotatable bonds is 4. The van der Waals surface area contributed by atoms with Crippen LogP contribution in [0.3, 0.4) is 0 Å². The summed E-state index contributed by atoms with van der Waals surface area (Å²) in [6, 6.07) is 11.1. The molecule has 5 nitrogen and oxygen atoms in total. The first kappa shape index (κ1) is 19.6. The zero-order valence-electron chi connectivity index (χ0n) is 15.5. The number of nitrogens with zero attached hydrogens (tertiary/aromatic N) is 2. The van der Waals surface area contributed by atoms with Gasteiger partial charge >= 0.3 is 6.09 Å². The van der Waals surface area contributed by atoms with Crippen molar-refractivity contribution in [2.45, 2.75) is 63.9 Å². The summed E-state index contributed by atoms with van der Waals surface area (Å²) >= 11 is 6.19. The highest BCUT2D eigenvalue weighted by molar-refractivity contribution is 6.29. The molecule has 0 atom stereocenters. The number of halogens is 1. The van der Waals surface area contributed by atoms with Gasteiger partial charge in [-0.1, -0.05) is 80.5 Å². The Morgan fingerprint density at radius 2 is 1.70 bits per heavy atom. The highest BCUT2D eigenvalue weighted by Crippen LogP contribution is 2.29. The Balaban J connectivity index is 1.62. The van der Waals surface area contributed by atoms with E-state index in [1.165, 1.54) is 38.5 Å². The maximum absolute atomic E-state index is 12.1. The van der Waals surface area contributed by atoms with Crippen LogP contribution in [0, 0.1) is 0 Å². The van der Waals surface area contributed by atoms with Gasteiger partial charge < -0.3 is 4.74 Å². The lowest BCUT2D eigenvalue weighted by molar-refractivity contribution is 0.155. The van der Waals surface area contributed by atoms with Crippen LogP contribution in [-0.2, 0) is 11.3 Å². The lowest BCUT2D eigenvalue weighted by Gasteiger charge is -2.16. The van der Waals surface area contributed by atoms with Gasteiger partial charge in [0.25, 0.3) is 0 Å². The number of carbonyl (C=O) groups excluding carboxylic acids is 1. The van der Waals surface area contributed by atoms with E-state index in [1.54, 1.807) is 6.07 Å². The minimum absolute atomic E-state index is 0.209. The molecular weight excluding hydrogens is 362 g/mol. The van der Waals surface area contributed by atoms with E-state index >= 15 is 0 Å². The van der Waals surface area contributed by atoms with E-state index in [0.717, 1.165) is 24.2 Å². The molecule has 1 heterocycles. The van der Waals surface area contributed by atoms with Crippen molar-refractivity contribution in [1.29, 1.82) is 0 Å². The molecule has 1 N–H and O–H groups in total. The summed E-state index contributed by atoms with van der Waals surface area (Å²) < 4.78 is 5.26. The Morgan fingerprint density at radius 1 is 1.04 bits per heavy atom. The van der Waals surface area contributed by atoms with Gasteiger partial charge in [0, 0.05) is 12.0 Å². The molecule has 1 aliphatic carbocycles. The molecule has 1 fully saturated rings. The molecule has 6 heteroatoms. The van der Waals surface area contributed by atoms with Crippen LogP contribution in [0.2, 0.25) is 5.15 Å². The summed E-state index contributed by atoms with van der Waals surface area (Å²) in [6.45, 7) is 0.209. The Bertz CT molecular complexity index is 729. The molecule has 0 bridgehead atoms. The van der Waals surface area contributed by atoms with Crippen molar-refractivity contribution in [1.82, 2.24) is 9.97 Å². The van der Waals surface area contributed by atoms with E-state index in [2.05, 4.69) is 15.3 Å². The van der Waals surface area contributed by atoms with Gasteiger partial charge in [-0.3, -0.25) is 5.32 Å². The molecule has 3 rings (SSSR count). The van der Waals surface area contributed by atoms with Gasteiger partial charge in [-0.25, -0.2) is 14.8 Å². The van der Waals surface area contributed by atoms with E-state index in [9.17, 15) is 4.79 Å². The van der Waals surface area contributed by atoms with E-state index in [1.807, 2.05) is 30.3 Å². The van der Waals surface area contributed by atoms with Crippen molar-refractivity contribution in [3.8, 4) is 0 Å². The first-order valence-electron chi connectivity index (χ1n) is 9.73. The molecule has 1 aliphatic rings. The van der Waals surface area contributed by atoms with Gasteiger partial charge in [0.15, 0.2) is 0 Å². The topological polar surface area (TPSA) is 64.1 Å². The van der Waals surface area contributed by atoms with Crippen LogP contribution in [0.1, 0.15) is 68.7 Å². The van der Waals surface area contributed by atoms with Crippen molar-refractivity contribution in [3.05, 3.63) is 52.9 Å². The summed E-state index contributed by atoms with van der Waals surface area (Å²) in [6.07, 6.45) is 9.09.